The molecule has 0 bridgehead atoms. The number of allylic oxidation sites excluding steroid dienone is 2. The Morgan fingerprint density at radius 1 is 1.44 bits per heavy atom. The van der Waals surface area contributed by atoms with Gasteiger partial charge in [-0.3, -0.25) is 4.79 Å². The van der Waals surface area contributed by atoms with E-state index in [1.807, 2.05) is 12.3 Å². The van der Waals surface area contributed by atoms with Gasteiger partial charge in [-0.1, -0.05) is 11.6 Å². The van der Waals surface area contributed by atoms with Gasteiger partial charge in [0.05, 0.1) is 6.42 Å². The molecule has 0 spiro atoms. The van der Waals surface area contributed by atoms with E-state index in [0.29, 0.717) is 18.6 Å². The molecular formula is C13H17NOS. The molecule has 0 saturated carbocycles. The number of nitrogens with zero attached hydrogens (tertiary/aromatic N) is 1. The van der Waals surface area contributed by atoms with Crippen LogP contribution < -0.4 is 0 Å². The van der Waals surface area contributed by atoms with Crippen molar-refractivity contribution in [1.29, 1.82) is 0 Å². The van der Waals surface area contributed by atoms with Gasteiger partial charge < -0.3 is 0 Å². The van der Waals surface area contributed by atoms with E-state index in [4.69, 9.17) is 0 Å². The Kier molecular flexibility index (Phi) is 3.88. The van der Waals surface area contributed by atoms with Gasteiger partial charge >= 0.3 is 0 Å². The quantitative estimate of drug-likeness (QED) is 0.748. The third-order valence-electron chi connectivity index (χ3n) is 2.82. The second-order valence-corrected chi connectivity index (χ2v) is 5.33. The van der Waals surface area contributed by atoms with Crippen molar-refractivity contribution in [1.82, 2.24) is 4.98 Å². The van der Waals surface area contributed by atoms with Crippen LogP contribution in [0.15, 0.2) is 17.0 Å². The van der Waals surface area contributed by atoms with Crippen LogP contribution in [0.1, 0.15) is 42.8 Å². The van der Waals surface area contributed by atoms with Crippen LogP contribution in [0.4, 0.5) is 0 Å². The summed E-state index contributed by atoms with van der Waals surface area (Å²) in [6.07, 6.45) is 8.18. The molecule has 3 heteroatoms. The summed E-state index contributed by atoms with van der Waals surface area (Å²) in [4.78, 5) is 16.1. The van der Waals surface area contributed by atoms with E-state index < -0.39 is 0 Å². The molecule has 0 radical (unpaired) electrons. The number of hydrogen-bond acceptors (Lipinski definition) is 3. The fourth-order valence-electron chi connectivity index (χ4n) is 2.03. The zero-order valence-electron chi connectivity index (χ0n) is 9.66. The average molecular weight is 235 g/mol. The van der Waals surface area contributed by atoms with E-state index in [0.717, 1.165) is 23.5 Å². The van der Waals surface area contributed by atoms with Crippen LogP contribution in [0.25, 0.3) is 0 Å². The van der Waals surface area contributed by atoms with Crippen molar-refractivity contribution in [2.75, 3.05) is 0 Å². The van der Waals surface area contributed by atoms with Crippen LogP contribution in [0.3, 0.4) is 0 Å². The zero-order chi connectivity index (χ0) is 11.4. The number of hydrogen-bond donors (Lipinski definition) is 0. The Labute approximate surface area is 100 Å². The Morgan fingerprint density at radius 3 is 2.94 bits per heavy atom. The maximum absolute atomic E-state index is 11.8. The van der Waals surface area contributed by atoms with E-state index in [2.05, 4.69) is 11.1 Å². The molecular weight excluding hydrogens is 218 g/mol. The summed E-state index contributed by atoms with van der Waals surface area (Å²) in [6.45, 7) is 1.97. The monoisotopic (exact) mass is 235 g/mol. The van der Waals surface area contributed by atoms with Gasteiger partial charge in [0.1, 0.15) is 10.8 Å². The molecule has 0 atom stereocenters. The van der Waals surface area contributed by atoms with Gasteiger partial charge in [0.2, 0.25) is 0 Å². The molecule has 0 amide bonds. The summed E-state index contributed by atoms with van der Waals surface area (Å²) < 4.78 is 0. The summed E-state index contributed by atoms with van der Waals surface area (Å²) in [6, 6.07) is 0. The van der Waals surface area contributed by atoms with E-state index in [9.17, 15) is 4.79 Å². The third kappa shape index (κ3) is 3.27. The second-order valence-electron chi connectivity index (χ2n) is 4.38. The molecule has 86 valence electrons. The molecule has 1 aromatic heterocycles. The topological polar surface area (TPSA) is 30.0 Å². The molecule has 0 aromatic carbocycles. The first kappa shape index (κ1) is 11.5. The minimum absolute atomic E-state index is 0.308. The molecule has 1 aromatic rings. The molecule has 1 aliphatic rings. The predicted molar refractivity (Wildman–Crippen MR) is 66.7 cm³/mol. The Bertz CT molecular complexity index is 406. The van der Waals surface area contributed by atoms with E-state index >= 15 is 0 Å². The summed E-state index contributed by atoms with van der Waals surface area (Å²) in [5.41, 5.74) is 2.36. The van der Waals surface area contributed by atoms with Crippen molar-refractivity contribution < 1.29 is 4.79 Å². The summed E-state index contributed by atoms with van der Waals surface area (Å²) >= 11 is 1.59. The summed E-state index contributed by atoms with van der Waals surface area (Å²) in [5, 5.41) is 2.96. The lowest BCUT2D eigenvalue weighted by molar-refractivity contribution is -0.117. The zero-order valence-corrected chi connectivity index (χ0v) is 10.5. The lowest BCUT2D eigenvalue weighted by atomic mass is 9.95. The van der Waals surface area contributed by atoms with E-state index in [1.54, 1.807) is 11.3 Å². The number of ketones is 1. The molecule has 1 heterocycles. The smallest absolute Gasteiger partial charge is 0.143 e. The van der Waals surface area contributed by atoms with Crippen LogP contribution in [-0.2, 0) is 11.2 Å². The fraction of sp³-hybridized carbons (Fsp3) is 0.538. The number of thiazole rings is 1. The van der Waals surface area contributed by atoms with Crippen molar-refractivity contribution in [2.24, 2.45) is 0 Å². The van der Waals surface area contributed by atoms with Crippen LogP contribution in [-0.4, -0.2) is 10.8 Å². The van der Waals surface area contributed by atoms with Gasteiger partial charge in [0.25, 0.3) is 0 Å². The van der Waals surface area contributed by atoms with E-state index in [1.165, 1.54) is 18.4 Å². The third-order valence-corrected chi connectivity index (χ3v) is 3.79. The van der Waals surface area contributed by atoms with Crippen LogP contribution in [0.2, 0.25) is 0 Å². The highest BCUT2D eigenvalue weighted by Crippen LogP contribution is 2.21. The first-order valence-corrected chi connectivity index (χ1v) is 6.72. The number of Topliss-reactive ketones (excluding diaryl/α,β-unsaturated/α-hetero) is 1. The normalized spacial score (nSPS) is 15.9. The summed E-state index contributed by atoms with van der Waals surface area (Å²) in [7, 11) is 0. The highest BCUT2D eigenvalue weighted by atomic mass is 32.1. The van der Waals surface area contributed by atoms with Crippen LogP contribution in [0, 0.1) is 6.92 Å². The van der Waals surface area contributed by atoms with Gasteiger partial charge in [-0.15, -0.1) is 11.3 Å². The maximum atomic E-state index is 11.8. The molecule has 1 aliphatic carbocycles. The Morgan fingerprint density at radius 2 is 2.31 bits per heavy atom. The van der Waals surface area contributed by atoms with E-state index in [-0.39, 0.29) is 0 Å². The van der Waals surface area contributed by atoms with Crippen molar-refractivity contribution in [3.63, 3.8) is 0 Å². The molecule has 0 N–H and O–H groups in total. The largest absolute Gasteiger partial charge is 0.299 e. The van der Waals surface area contributed by atoms with Gasteiger partial charge in [0, 0.05) is 17.5 Å². The van der Waals surface area contributed by atoms with Gasteiger partial charge in [-0.2, -0.15) is 0 Å². The SMILES string of the molecule is Cc1csc(CC(=O)CC2=CCCCC2)n1. The lowest BCUT2D eigenvalue weighted by Crippen LogP contribution is -2.05. The molecule has 2 nitrogen and oxygen atoms in total. The van der Waals surface area contributed by atoms with Crippen LogP contribution in [0.5, 0.6) is 0 Å². The molecule has 0 aliphatic heterocycles. The van der Waals surface area contributed by atoms with Crippen molar-refractivity contribution in [2.45, 2.75) is 45.4 Å². The molecule has 16 heavy (non-hydrogen) atoms. The maximum Gasteiger partial charge on any atom is 0.143 e. The standard InChI is InChI=1S/C13H17NOS/c1-10-9-16-13(14-10)8-12(15)7-11-5-3-2-4-6-11/h5,9H,2-4,6-8H2,1H3. The Hall–Kier alpha value is -0.960. The van der Waals surface area contributed by atoms with Crippen molar-refractivity contribution >= 4 is 17.1 Å². The minimum Gasteiger partial charge on any atom is -0.299 e. The molecule has 0 fully saturated rings. The number of rotatable bonds is 4. The number of carbonyl (C=O) groups is 1. The number of aryl methyl sites for hydroxylation is 1. The van der Waals surface area contributed by atoms with Crippen LogP contribution >= 0.6 is 11.3 Å². The first-order valence-electron chi connectivity index (χ1n) is 5.84. The molecule has 0 saturated heterocycles. The number of aromatic nitrogens is 1. The Balaban J connectivity index is 1.86. The predicted octanol–water partition coefficient (Wildman–Crippen LogP) is 3.45. The first-order chi connectivity index (χ1) is 7.74. The van der Waals surface area contributed by atoms with Gasteiger partial charge in [-0.05, 0) is 32.6 Å². The fourth-order valence-corrected chi connectivity index (χ4v) is 2.83. The minimum atomic E-state index is 0.308. The highest BCUT2D eigenvalue weighted by molar-refractivity contribution is 7.09. The lowest BCUT2D eigenvalue weighted by Gasteiger charge is -2.11. The number of carbonyl (C=O) groups excluding carboxylic acids is 1. The average Bonchev–Trinajstić information content (AvgIpc) is 2.65. The summed E-state index contributed by atoms with van der Waals surface area (Å²) in [5.74, 6) is 0.308. The van der Waals surface area contributed by atoms with Crippen molar-refractivity contribution in [3.05, 3.63) is 27.7 Å². The van der Waals surface area contributed by atoms with Gasteiger partial charge in [0.15, 0.2) is 0 Å². The van der Waals surface area contributed by atoms with Crippen molar-refractivity contribution in [3.8, 4) is 0 Å². The molecule has 2 rings (SSSR count). The highest BCUT2D eigenvalue weighted by Gasteiger charge is 2.11. The van der Waals surface area contributed by atoms with Gasteiger partial charge in [-0.25, -0.2) is 4.98 Å². The second kappa shape index (κ2) is 5.39. The molecule has 0 unspecified atom stereocenters.